The average molecular weight is 411 g/mol. The highest BCUT2D eigenvalue weighted by atomic mass is 35.5. The molecule has 6 nitrogen and oxygen atoms in total. The third-order valence-corrected chi connectivity index (χ3v) is 6.08. The summed E-state index contributed by atoms with van der Waals surface area (Å²) in [6, 6.07) is 11.6. The van der Waals surface area contributed by atoms with Crippen molar-refractivity contribution in [2.75, 3.05) is 17.3 Å². The van der Waals surface area contributed by atoms with Crippen molar-refractivity contribution in [3.63, 3.8) is 0 Å². The van der Waals surface area contributed by atoms with E-state index in [1.165, 1.54) is 17.0 Å². The maximum absolute atomic E-state index is 14.1. The maximum atomic E-state index is 14.1. The number of nitrogens with zero attached hydrogens (tertiary/aromatic N) is 3. The lowest BCUT2D eigenvalue weighted by Gasteiger charge is -2.32. The number of rotatable bonds is 2. The van der Waals surface area contributed by atoms with Gasteiger partial charge in [-0.3, -0.25) is 9.59 Å². The van der Waals surface area contributed by atoms with Gasteiger partial charge < -0.3 is 10.2 Å². The molecule has 2 aromatic carbocycles. The summed E-state index contributed by atoms with van der Waals surface area (Å²) in [6.45, 7) is 0.325. The van der Waals surface area contributed by atoms with Crippen molar-refractivity contribution >= 4 is 34.9 Å². The molecule has 0 unspecified atom stereocenters. The summed E-state index contributed by atoms with van der Waals surface area (Å²) in [5.74, 6) is -0.619. The number of halogens is 2. The summed E-state index contributed by atoms with van der Waals surface area (Å²) in [5, 5.41) is 7.84. The van der Waals surface area contributed by atoms with Gasteiger partial charge in [0.1, 0.15) is 17.1 Å². The molecule has 0 saturated heterocycles. The van der Waals surface area contributed by atoms with Crippen molar-refractivity contribution in [1.29, 1.82) is 0 Å². The van der Waals surface area contributed by atoms with Crippen LogP contribution in [-0.2, 0) is 21.5 Å². The van der Waals surface area contributed by atoms with Gasteiger partial charge in [0.05, 0.1) is 12.7 Å². The summed E-state index contributed by atoms with van der Waals surface area (Å²) in [7, 11) is 1.63. The number of benzene rings is 2. The number of hydrogen-bond acceptors (Lipinski definition) is 3. The van der Waals surface area contributed by atoms with Crippen molar-refractivity contribution in [1.82, 2.24) is 9.78 Å². The van der Waals surface area contributed by atoms with Crippen LogP contribution in [0.15, 0.2) is 48.7 Å². The van der Waals surface area contributed by atoms with Gasteiger partial charge in [-0.15, -0.1) is 0 Å². The second kappa shape index (κ2) is 6.15. The topological polar surface area (TPSA) is 67.2 Å². The summed E-state index contributed by atoms with van der Waals surface area (Å²) < 4.78 is 15.7. The van der Waals surface area contributed by atoms with E-state index in [2.05, 4.69) is 10.4 Å². The predicted octanol–water partition coefficient (Wildman–Crippen LogP) is 3.33. The Morgan fingerprint density at radius 1 is 1.21 bits per heavy atom. The number of carbonyl (C=O) groups excluding carboxylic acids is 2. The zero-order chi connectivity index (χ0) is 20.3. The fourth-order valence-electron chi connectivity index (χ4n) is 4.33. The number of fused-ring (bicyclic) bond motifs is 4. The van der Waals surface area contributed by atoms with Crippen LogP contribution in [0.5, 0.6) is 0 Å². The number of likely N-dealkylation sites (N-methyl/N-ethyl adjacent to an activating group) is 1. The molecule has 1 atom stereocenters. The van der Waals surface area contributed by atoms with Crippen molar-refractivity contribution in [2.24, 2.45) is 0 Å². The molecule has 0 fully saturated rings. The predicted molar refractivity (Wildman–Crippen MR) is 107 cm³/mol. The van der Waals surface area contributed by atoms with Crippen LogP contribution >= 0.6 is 11.6 Å². The van der Waals surface area contributed by atoms with Crippen LogP contribution in [0.4, 0.5) is 15.9 Å². The molecule has 1 aromatic heterocycles. The van der Waals surface area contributed by atoms with E-state index in [4.69, 9.17) is 11.6 Å². The molecule has 1 spiro atoms. The van der Waals surface area contributed by atoms with Crippen LogP contribution in [-0.4, -0.2) is 28.6 Å². The first kappa shape index (κ1) is 17.9. The Morgan fingerprint density at radius 3 is 2.79 bits per heavy atom. The number of hydrogen-bond donors (Lipinski definition) is 1. The first-order valence-corrected chi connectivity index (χ1v) is 9.47. The lowest BCUT2D eigenvalue weighted by molar-refractivity contribution is -0.126. The molecule has 0 saturated carbocycles. The normalized spacial score (nSPS) is 20.0. The Kier molecular flexibility index (Phi) is 3.79. The van der Waals surface area contributed by atoms with Gasteiger partial charge >= 0.3 is 0 Å². The lowest BCUT2D eigenvalue weighted by Crippen LogP contribution is -2.45. The molecule has 1 N–H and O–H groups in total. The van der Waals surface area contributed by atoms with E-state index in [0.717, 1.165) is 5.56 Å². The first-order valence-electron chi connectivity index (χ1n) is 9.09. The zero-order valence-electron chi connectivity index (χ0n) is 15.4. The molecule has 0 aliphatic carbocycles. The van der Waals surface area contributed by atoms with Crippen molar-refractivity contribution in [3.05, 3.63) is 76.2 Å². The van der Waals surface area contributed by atoms with Gasteiger partial charge in [0.25, 0.3) is 0 Å². The molecule has 146 valence electrons. The van der Waals surface area contributed by atoms with E-state index in [-0.39, 0.29) is 18.2 Å². The van der Waals surface area contributed by atoms with E-state index in [1.807, 2.05) is 18.2 Å². The van der Waals surface area contributed by atoms with Gasteiger partial charge in [-0.1, -0.05) is 29.8 Å². The van der Waals surface area contributed by atoms with Gasteiger partial charge in [0.2, 0.25) is 11.8 Å². The molecule has 8 heteroatoms. The van der Waals surface area contributed by atoms with Crippen LogP contribution < -0.4 is 10.2 Å². The quantitative estimate of drug-likeness (QED) is 0.704. The highest BCUT2D eigenvalue weighted by Crippen LogP contribution is 2.51. The summed E-state index contributed by atoms with van der Waals surface area (Å²) in [5.41, 5.74) is 1.18. The van der Waals surface area contributed by atoms with Crippen molar-refractivity contribution in [2.45, 2.75) is 18.4 Å². The number of aromatic nitrogens is 2. The second-order valence-electron chi connectivity index (χ2n) is 7.31. The van der Waals surface area contributed by atoms with E-state index < -0.39 is 11.2 Å². The summed E-state index contributed by atoms with van der Waals surface area (Å²) in [4.78, 5) is 27.5. The molecule has 2 aliphatic heterocycles. The molecule has 29 heavy (non-hydrogen) atoms. The standard InChI is InChI=1S/C21H16ClFN4O2/c1-26-17-7-6-13(23)8-14(17)21(20(26)29)9-18(28)25-19-15(21)10-24-27(19)11-12-4-2-3-5-16(12)22/h2-8,10H,9,11H2,1H3,(H,25,28)/t21-/m1/s1. The molecular weight excluding hydrogens is 395 g/mol. The van der Waals surface area contributed by atoms with Crippen molar-refractivity contribution in [3.8, 4) is 0 Å². The molecule has 2 amide bonds. The number of nitrogens with one attached hydrogen (secondary N) is 1. The minimum absolute atomic E-state index is 0.0998. The first-order chi connectivity index (χ1) is 13.9. The molecule has 0 bridgehead atoms. The molecular formula is C21H16ClFN4O2. The fourth-order valence-corrected chi connectivity index (χ4v) is 4.53. The van der Waals surface area contributed by atoms with E-state index >= 15 is 0 Å². The third-order valence-electron chi connectivity index (χ3n) is 5.71. The highest BCUT2D eigenvalue weighted by Gasteiger charge is 2.56. The largest absolute Gasteiger partial charge is 0.314 e. The van der Waals surface area contributed by atoms with Crippen molar-refractivity contribution < 1.29 is 14.0 Å². The Morgan fingerprint density at radius 2 is 2.00 bits per heavy atom. The van der Waals surface area contributed by atoms with E-state index in [9.17, 15) is 14.0 Å². The smallest absolute Gasteiger partial charge is 0.242 e. The molecule has 0 radical (unpaired) electrons. The van der Waals surface area contributed by atoms with Gasteiger partial charge in [0, 0.05) is 29.7 Å². The molecule has 5 rings (SSSR count). The van der Waals surface area contributed by atoms with Gasteiger partial charge in [-0.25, -0.2) is 9.07 Å². The Balaban J connectivity index is 1.70. The van der Waals surface area contributed by atoms with Crippen LogP contribution in [0.3, 0.4) is 0 Å². The number of anilines is 2. The zero-order valence-corrected chi connectivity index (χ0v) is 16.2. The molecule has 3 heterocycles. The SMILES string of the molecule is CN1C(=O)[C@]2(CC(=O)Nc3c2cnn3Cc2ccccc2Cl)c2cc(F)ccc21. The fraction of sp³-hybridized carbons (Fsp3) is 0.190. The van der Waals surface area contributed by atoms with E-state index in [1.54, 1.807) is 30.1 Å². The van der Waals surface area contributed by atoms with Crippen LogP contribution in [0.25, 0.3) is 0 Å². The molecule has 2 aliphatic rings. The minimum Gasteiger partial charge on any atom is -0.314 e. The lowest BCUT2D eigenvalue weighted by atomic mass is 9.72. The van der Waals surface area contributed by atoms with Gasteiger partial charge in [-0.2, -0.15) is 5.10 Å². The Hall–Kier alpha value is -3.19. The Bertz CT molecular complexity index is 1190. The number of carbonyl (C=O) groups is 2. The Labute approximate surface area is 170 Å². The van der Waals surface area contributed by atoms with Gasteiger partial charge in [0.15, 0.2) is 0 Å². The van der Waals surface area contributed by atoms with Crippen LogP contribution in [0.2, 0.25) is 5.02 Å². The highest BCUT2D eigenvalue weighted by molar-refractivity contribution is 6.31. The van der Waals surface area contributed by atoms with Gasteiger partial charge in [-0.05, 0) is 35.4 Å². The maximum Gasteiger partial charge on any atom is 0.242 e. The monoisotopic (exact) mass is 410 g/mol. The summed E-state index contributed by atoms with van der Waals surface area (Å²) in [6.07, 6.45) is 1.48. The third kappa shape index (κ3) is 2.43. The second-order valence-corrected chi connectivity index (χ2v) is 7.72. The summed E-state index contributed by atoms with van der Waals surface area (Å²) >= 11 is 6.27. The molecule has 3 aromatic rings. The van der Waals surface area contributed by atoms with Crippen LogP contribution in [0, 0.1) is 5.82 Å². The van der Waals surface area contributed by atoms with Crippen LogP contribution in [0.1, 0.15) is 23.1 Å². The number of amides is 2. The minimum atomic E-state index is -1.29. The average Bonchev–Trinajstić information content (AvgIpc) is 3.18. The van der Waals surface area contributed by atoms with E-state index in [0.29, 0.717) is 34.2 Å².